The van der Waals surface area contributed by atoms with Gasteiger partial charge in [0.1, 0.15) is 0 Å². The van der Waals surface area contributed by atoms with Crippen molar-refractivity contribution in [2.75, 3.05) is 20.1 Å². The molecule has 1 aromatic rings. The van der Waals surface area contributed by atoms with Crippen molar-refractivity contribution in [1.82, 2.24) is 4.90 Å². The van der Waals surface area contributed by atoms with Crippen LogP contribution in [0.4, 0.5) is 0 Å². The summed E-state index contributed by atoms with van der Waals surface area (Å²) < 4.78 is 0. The third-order valence-electron chi connectivity index (χ3n) is 3.26. The van der Waals surface area contributed by atoms with E-state index in [-0.39, 0.29) is 6.10 Å². The van der Waals surface area contributed by atoms with E-state index in [4.69, 9.17) is 0 Å². The van der Waals surface area contributed by atoms with Crippen LogP contribution < -0.4 is 0 Å². The van der Waals surface area contributed by atoms with Gasteiger partial charge in [-0.05, 0) is 44.9 Å². The lowest BCUT2D eigenvalue weighted by molar-refractivity contribution is 0.135. The highest BCUT2D eigenvalue weighted by Crippen LogP contribution is 2.20. The molecule has 102 valence electrons. The predicted molar refractivity (Wildman–Crippen MR) is 74.6 cm³/mol. The maximum atomic E-state index is 10.2. The maximum absolute atomic E-state index is 10.2. The van der Waals surface area contributed by atoms with Gasteiger partial charge in [-0.2, -0.15) is 0 Å². The van der Waals surface area contributed by atoms with Crippen LogP contribution in [0, 0.1) is 6.92 Å². The molecule has 0 heterocycles. The Bertz CT molecular complexity index is 352. The Hall–Kier alpha value is -0.900. The number of aliphatic hydroxyl groups excluding tert-OH is 2. The normalized spacial score (nSPS) is 14.8. The van der Waals surface area contributed by atoms with E-state index in [1.54, 1.807) is 6.92 Å². The summed E-state index contributed by atoms with van der Waals surface area (Å²) >= 11 is 0. The van der Waals surface area contributed by atoms with Gasteiger partial charge in [-0.3, -0.25) is 0 Å². The third kappa shape index (κ3) is 5.17. The lowest BCUT2D eigenvalue weighted by atomic mass is 10.0. The fourth-order valence-electron chi connectivity index (χ4n) is 1.98. The first-order chi connectivity index (χ1) is 8.50. The summed E-state index contributed by atoms with van der Waals surface area (Å²) in [6.45, 7) is 5.52. The Kier molecular flexibility index (Phi) is 6.33. The lowest BCUT2D eigenvalue weighted by Crippen LogP contribution is -2.24. The third-order valence-corrected chi connectivity index (χ3v) is 3.26. The van der Waals surface area contributed by atoms with Crippen LogP contribution >= 0.6 is 0 Å². The molecule has 0 aromatic heterocycles. The van der Waals surface area contributed by atoms with Gasteiger partial charge < -0.3 is 15.1 Å². The first-order valence-electron chi connectivity index (χ1n) is 6.61. The summed E-state index contributed by atoms with van der Waals surface area (Å²) in [7, 11) is 2.02. The monoisotopic (exact) mass is 251 g/mol. The molecule has 0 amide bonds. The second kappa shape index (κ2) is 7.52. The minimum atomic E-state index is -0.403. The van der Waals surface area contributed by atoms with Crippen molar-refractivity contribution in [2.45, 2.75) is 38.9 Å². The van der Waals surface area contributed by atoms with Crippen molar-refractivity contribution >= 4 is 0 Å². The van der Waals surface area contributed by atoms with Gasteiger partial charge in [0.25, 0.3) is 0 Å². The van der Waals surface area contributed by atoms with E-state index in [0.717, 1.165) is 37.1 Å². The largest absolute Gasteiger partial charge is 0.393 e. The van der Waals surface area contributed by atoms with Crippen molar-refractivity contribution in [2.24, 2.45) is 0 Å². The Morgan fingerprint density at radius 1 is 1.11 bits per heavy atom. The molecule has 2 unspecified atom stereocenters. The molecule has 0 aliphatic carbocycles. The lowest BCUT2D eigenvalue weighted by Gasteiger charge is -2.20. The highest BCUT2D eigenvalue weighted by atomic mass is 16.3. The number of benzene rings is 1. The zero-order valence-corrected chi connectivity index (χ0v) is 11.6. The SMILES string of the molecule is Cc1ccccc1C(O)CCN(C)CCC(C)O. The Morgan fingerprint density at radius 3 is 2.33 bits per heavy atom. The molecule has 0 spiro atoms. The van der Waals surface area contributed by atoms with Crippen LogP contribution in [0.25, 0.3) is 0 Å². The van der Waals surface area contributed by atoms with Crippen molar-refractivity contribution in [3.8, 4) is 0 Å². The average Bonchev–Trinajstić information content (AvgIpc) is 2.34. The Morgan fingerprint density at radius 2 is 1.72 bits per heavy atom. The van der Waals surface area contributed by atoms with Gasteiger partial charge in [0, 0.05) is 13.1 Å². The van der Waals surface area contributed by atoms with E-state index in [9.17, 15) is 10.2 Å². The standard InChI is InChI=1S/C15H25NO2/c1-12-6-4-5-7-14(12)15(18)9-11-16(3)10-8-13(2)17/h4-7,13,15,17-18H,8-11H2,1-3H3. The van der Waals surface area contributed by atoms with Gasteiger partial charge in [0.2, 0.25) is 0 Å². The highest BCUT2D eigenvalue weighted by Gasteiger charge is 2.11. The first-order valence-corrected chi connectivity index (χ1v) is 6.61. The molecule has 0 aliphatic heterocycles. The molecule has 1 rings (SSSR count). The fourth-order valence-corrected chi connectivity index (χ4v) is 1.98. The maximum Gasteiger partial charge on any atom is 0.0804 e. The smallest absolute Gasteiger partial charge is 0.0804 e. The Balaban J connectivity index is 2.37. The zero-order chi connectivity index (χ0) is 13.5. The minimum Gasteiger partial charge on any atom is -0.393 e. The number of aliphatic hydroxyl groups is 2. The number of hydrogen-bond acceptors (Lipinski definition) is 3. The number of aryl methyl sites for hydroxylation is 1. The molecule has 2 N–H and O–H groups in total. The number of hydrogen-bond donors (Lipinski definition) is 2. The zero-order valence-electron chi connectivity index (χ0n) is 11.6. The number of nitrogens with zero attached hydrogens (tertiary/aromatic N) is 1. The molecule has 3 heteroatoms. The Labute approximate surface area is 110 Å². The molecule has 0 fully saturated rings. The van der Waals surface area contributed by atoms with E-state index < -0.39 is 6.10 Å². The van der Waals surface area contributed by atoms with Crippen LogP contribution in [0.15, 0.2) is 24.3 Å². The summed E-state index contributed by atoms with van der Waals surface area (Å²) in [6.07, 6.45) is 0.840. The summed E-state index contributed by atoms with van der Waals surface area (Å²) in [5.41, 5.74) is 2.15. The summed E-state index contributed by atoms with van der Waals surface area (Å²) in [6, 6.07) is 7.95. The van der Waals surface area contributed by atoms with E-state index in [1.165, 1.54) is 0 Å². The molecule has 0 radical (unpaired) electrons. The van der Waals surface area contributed by atoms with Crippen LogP contribution in [0.1, 0.15) is 37.0 Å². The van der Waals surface area contributed by atoms with E-state index >= 15 is 0 Å². The quantitative estimate of drug-likeness (QED) is 0.780. The first kappa shape index (κ1) is 15.2. The molecule has 18 heavy (non-hydrogen) atoms. The van der Waals surface area contributed by atoms with Crippen molar-refractivity contribution in [3.05, 3.63) is 35.4 Å². The molecule has 0 saturated carbocycles. The van der Waals surface area contributed by atoms with Gasteiger partial charge in [0.15, 0.2) is 0 Å². The molecule has 1 aromatic carbocycles. The summed E-state index contributed by atoms with van der Waals surface area (Å²) in [4.78, 5) is 2.15. The molecular formula is C15H25NO2. The van der Waals surface area contributed by atoms with Crippen LogP contribution in [0.2, 0.25) is 0 Å². The van der Waals surface area contributed by atoms with E-state index in [0.29, 0.717) is 0 Å². The van der Waals surface area contributed by atoms with Crippen molar-refractivity contribution in [1.29, 1.82) is 0 Å². The highest BCUT2D eigenvalue weighted by molar-refractivity contribution is 5.27. The number of rotatable bonds is 7. The second-order valence-corrected chi connectivity index (χ2v) is 5.10. The summed E-state index contributed by atoms with van der Waals surface area (Å²) in [5.74, 6) is 0. The van der Waals surface area contributed by atoms with Gasteiger partial charge in [-0.25, -0.2) is 0 Å². The molecule has 0 bridgehead atoms. The van der Waals surface area contributed by atoms with E-state index in [2.05, 4.69) is 4.90 Å². The minimum absolute atomic E-state index is 0.256. The predicted octanol–water partition coefficient (Wildman–Crippen LogP) is 2.12. The molecule has 2 atom stereocenters. The van der Waals surface area contributed by atoms with Crippen LogP contribution in [0.3, 0.4) is 0 Å². The van der Waals surface area contributed by atoms with Gasteiger partial charge in [-0.15, -0.1) is 0 Å². The van der Waals surface area contributed by atoms with Crippen molar-refractivity contribution < 1.29 is 10.2 Å². The molecule has 0 saturated heterocycles. The molecule has 0 aliphatic rings. The topological polar surface area (TPSA) is 43.7 Å². The van der Waals surface area contributed by atoms with E-state index in [1.807, 2.05) is 38.2 Å². The van der Waals surface area contributed by atoms with Crippen LogP contribution in [-0.4, -0.2) is 41.4 Å². The van der Waals surface area contributed by atoms with Gasteiger partial charge >= 0.3 is 0 Å². The van der Waals surface area contributed by atoms with Crippen LogP contribution in [0.5, 0.6) is 0 Å². The molecular weight excluding hydrogens is 226 g/mol. The van der Waals surface area contributed by atoms with Gasteiger partial charge in [0.05, 0.1) is 12.2 Å². The van der Waals surface area contributed by atoms with Crippen molar-refractivity contribution in [3.63, 3.8) is 0 Å². The van der Waals surface area contributed by atoms with Gasteiger partial charge in [-0.1, -0.05) is 24.3 Å². The van der Waals surface area contributed by atoms with Crippen LogP contribution in [-0.2, 0) is 0 Å². The summed E-state index contributed by atoms with van der Waals surface area (Å²) in [5, 5.41) is 19.4. The fraction of sp³-hybridized carbons (Fsp3) is 0.600. The molecule has 3 nitrogen and oxygen atoms in total. The average molecular weight is 251 g/mol. The second-order valence-electron chi connectivity index (χ2n) is 5.10.